The third kappa shape index (κ3) is 5.21. The molecule has 0 bridgehead atoms. The summed E-state index contributed by atoms with van der Waals surface area (Å²) in [5.74, 6) is 0.735. The van der Waals surface area contributed by atoms with Gasteiger partial charge >= 0.3 is 0 Å². The van der Waals surface area contributed by atoms with Crippen molar-refractivity contribution in [2.75, 3.05) is 33.1 Å². The molecule has 7 nitrogen and oxygen atoms in total. The van der Waals surface area contributed by atoms with Gasteiger partial charge in [0.2, 0.25) is 0 Å². The molecule has 0 saturated heterocycles. The van der Waals surface area contributed by atoms with E-state index < -0.39 is 0 Å². The molecule has 0 fully saturated rings. The predicted octanol–water partition coefficient (Wildman–Crippen LogP) is 3.87. The van der Waals surface area contributed by atoms with Crippen LogP contribution in [0, 0.1) is 0 Å². The largest absolute Gasteiger partial charge is 0.493 e. The van der Waals surface area contributed by atoms with Gasteiger partial charge in [0.25, 0.3) is 11.8 Å². The normalized spacial score (nSPS) is 12.4. The third-order valence-electron chi connectivity index (χ3n) is 5.94. The van der Waals surface area contributed by atoms with Gasteiger partial charge in [0.1, 0.15) is 0 Å². The lowest BCUT2D eigenvalue weighted by atomic mass is 10.0. The lowest BCUT2D eigenvalue weighted by Crippen LogP contribution is -2.26. The van der Waals surface area contributed by atoms with Crippen LogP contribution in [0.2, 0.25) is 0 Å². The highest BCUT2D eigenvalue weighted by molar-refractivity contribution is 6.04. The van der Waals surface area contributed by atoms with Crippen LogP contribution in [0.5, 0.6) is 11.5 Å². The van der Waals surface area contributed by atoms with Gasteiger partial charge in [-0.05, 0) is 72.1 Å². The minimum atomic E-state index is -0.176. The van der Waals surface area contributed by atoms with E-state index in [4.69, 9.17) is 9.47 Å². The molecule has 4 rings (SSSR count). The van der Waals surface area contributed by atoms with Crippen molar-refractivity contribution in [1.82, 2.24) is 10.2 Å². The summed E-state index contributed by atoms with van der Waals surface area (Å²) in [6.07, 6.45) is 0.953. The van der Waals surface area contributed by atoms with Gasteiger partial charge in [-0.3, -0.25) is 9.59 Å². The lowest BCUT2D eigenvalue weighted by Gasteiger charge is -2.19. The fraction of sp³-hybridized carbons (Fsp3) is 0.259. The number of methoxy groups -OCH3 is 2. The van der Waals surface area contributed by atoms with Crippen LogP contribution in [0.1, 0.15) is 37.4 Å². The van der Waals surface area contributed by atoms with Crippen molar-refractivity contribution in [3.05, 3.63) is 88.5 Å². The highest BCUT2D eigenvalue weighted by Crippen LogP contribution is 2.28. The summed E-state index contributed by atoms with van der Waals surface area (Å²) >= 11 is 0. The number of hydrogen-bond donors (Lipinski definition) is 2. The second kappa shape index (κ2) is 10.4. The zero-order valence-corrected chi connectivity index (χ0v) is 19.7. The molecule has 34 heavy (non-hydrogen) atoms. The maximum Gasteiger partial charge on any atom is 0.255 e. The zero-order valence-electron chi connectivity index (χ0n) is 19.7. The van der Waals surface area contributed by atoms with Gasteiger partial charge in [-0.15, -0.1) is 0 Å². The number of amides is 2. The number of carbonyl (C=O) groups excluding carboxylic acids is 2. The number of nitrogens with one attached hydrogen (secondary N) is 2. The van der Waals surface area contributed by atoms with Crippen molar-refractivity contribution in [1.29, 1.82) is 0 Å². The highest BCUT2D eigenvalue weighted by Gasteiger charge is 2.16. The maximum absolute atomic E-state index is 12.9. The van der Waals surface area contributed by atoms with E-state index in [1.807, 2.05) is 30.3 Å². The van der Waals surface area contributed by atoms with Crippen LogP contribution in [-0.4, -0.2) is 44.5 Å². The quantitative estimate of drug-likeness (QED) is 0.561. The summed E-state index contributed by atoms with van der Waals surface area (Å²) in [5, 5.41) is 6.35. The first-order valence-corrected chi connectivity index (χ1v) is 11.2. The van der Waals surface area contributed by atoms with Gasteiger partial charge in [-0.25, -0.2) is 0 Å². The first kappa shape index (κ1) is 23.3. The average Bonchev–Trinajstić information content (AvgIpc) is 2.87. The molecule has 2 amide bonds. The second-order valence-electron chi connectivity index (χ2n) is 8.30. The number of fused-ring (bicyclic) bond motifs is 1. The smallest absolute Gasteiger partial charge is 0.255 e. The first-order valence-electron chi connectivity index (χ1n) is 11.2. The summed E-state index contributed by atoms with van der Waals surface area (Å²) in [7, 11) is 4.82. The summed E-state index contributed by atoms with van der Waals surface area (Å²) in [4.78, 5) is 27.4. The summed E-state index contributed by atoms with van der Waals surface area (Å²) in [6.45, 7) is 2.17. The molecular formula is C27H29N3O4. The van der Waals surface area contributed by atoms with Crippen LogP contribution < -0.4 is 20.1 Å². The van der Waals surface area contributed by atoms with Gasteiger partial charge in [0.05, 0.1) is 14.2 Å². The van der Waals surface area contributed by atoms with Gasteiger partial charge in [-0.2, -0.15) is 0 Å². The van der Waals surface area contributed by atoms with E-state index in [1.54, 1.807) is 43.3 Å². The molecule has 7 heteroatoms. The molecule has 0 radical (unpaired) electrons. The SMILES string of the molecule is COc1ccc(C(=O)N(C)Cc2cccc(C(=O)Nc3ccc4c(c3)CCNC4)c2)cc1OC. The summed E-state index contributed by atoms with van der Waals surface area (Å²) < 4.78 is 10.5. The molecule has 176 valence electrons. The van der Waals surface area contributed by atoms with E-state index in [0.29, 0.717) is 29.2 Å². The number of hydrogen-bond acceptors (Lipinski definition) is 5. The van der Waals surface area contributed by atoms with Crippen LogP contribution >= 0.6 is 0 Å². The molecule has 0 saturated carbocycles. The number of carbonyl (C=O) groups is 2. The van der Waals surface area contributed by atoms with Crippen LogP contribution in [-0.2, 0) is 19.5 Å². The fourth-order valence-electron chi connectivity index (χ4n) is 4.10. The molecular weight excluding hydrogens is 430 g/mol. The molecule has 0 unspecified atom stereocenters. The Labute approximate surface area is 199 Å². The minimum Gasteiger partial charge on any atom is -0.493 e. The van der Waals surface area contributed by atoms with Crippen molar-refractivity contribution >= 4 is 17.5 Å². The molecule has 0 aromatic heterocycles. The summed E-state index contributed by atoms with van der Waals surface area (Å²) in [5.41, 5.74) is 5.23. The maximum atomic E-state index is 12.9. The fourth-order valence-corrected chi connectivity index (χ4v) is 4.10. The Morgan fingerprint density at radius 2 is 1.76 bits per heavy atom. The minimum absolute atomic E-state index is 0.153. The van der Waals surface area contributed by atoms with Crippen LogP contribution in [0.25, 0.3) is 0 Å². The van der Waals surface area contributed by atoms with Crippen molar-refractivity contribution < 1.29 is 19.1 Å². The molecule has 2 N–H and O–H groups in total. The molecule has 0 atom stereocenters. The van der Waals surface area contributed by atoms with Crippen molar-refractivity contribution in [2.45, 2.75) is 19.5 Å². The van der Waals surface area contributed by atoms with E-state index in [1.165, 1.54) is 18.2 Å². The second-order valence-corrected chi connectivity index (χ2v) is 8.30. The monoisotopic (exact) mass is 459 g/mol. The molecule has 1 aliphatic heterocycles. The number of anilines is 1. The molecule has 1 heterocycles. The standard InChI is InChI=1S/C27H29N3O4/c1-30(27(32)21-8-10-24(33-2)25(15-21)34-3)17-18-5-4-6-20(13-18)26(31)29-23-9-7-22-16-28-12-11-19(22)14-23/h4-10,13-15,28H,11-12,16-17H2,1-3H3,(H,29,31). The van der Waals surface area contributed by atoms with E-state index >= 15 is 0 Å². The first-order chi connectivity index (χ1) is 16.5. The van der Waals surface area contributed by atoms with Gasteiger partial charge in [0, 0.05) is 37.0 Å². The third-order valence-corrected chi connectivity index (χ3v) is 5.94. The van der Waals surface area contributed by atoms with Crippen molar-refractivity contribution in [3.8, 4) is 11.5 Å². The molecule has 0 aliphatic carbocycles. The Hall–Kier alpha value is -3.84. The Bertz CT molecular complexity index is 1210. The van der Waals surface area contributed by atoms with E-state index in [2.05, 4.69) is 16.7 Å². The lowest BCUT2D eigenvalue weighted by molar-refractivity contribution is 0.0784. The predicted molar refractivity (Wildman–Crippen MR) is 132 cm³/mol. The van der Waals surface area contributed by atoms with Crippen molar-refractivity contribution in [3.63, 3.8) is 0 Å². The Kier molecular flexibility index (Phi) is 7.13. The number of rotatable bonds is 7. The van der Waals surface area contributed by atoms with E-state index in [0.717, 1.165) is 30.8 Å². The average molecular weight is 460 g/mol. The van der Waals surface area contributed by atoms with Gasteiger partial charge in [-0.1, -0.05) is 18.2 Å². The highest BCUT2D eigenvalue weighted by atomic mass is 16.5. The zero-order chi connectivity index (χ0) is 24.1. The number of ether oxygens (including phenoxy) is 2. The number of benzene rings is 3. The van der Waals surface area contributed by atoms with Gasteiger partial charge < -0.3 is 25.0 Å². The van der Waals surface area contributed by atoms with Crippen molar-refractivity contribution in [2.24, 2.45) is 0 Å². The van der Waals surface area contributed by atoms with Gasteiger partial charge in [0.15, 0.2) is 11.5 Å². The molecule has 0 spiro atoms. The summed E-state index contributed by atoms with van der Waals surface area (Å²) in [6, 6.07) is 18.4. The molecule has 3 aromatic rings. The molecule has 1 aliphatic rings. The Morgan fingerprint density at radius 1 is 0.941 bits per heavy atom. The van der Waals surface area contributed by atoms with Crippen LogP contribution in [0.15, 0.2) is 60.7 Å². The van der Waals surface area contributed by atoms with E-state index in [9.17, 15) is 9.59 Å². The topological polar surface area (TPSA) is 79.9 Å². The van der Waals surface area contributed by atoms with Crippen LogP contribution in [0.4, 0.5) is 5.69 Å². The molecule has 3 aromatic carbocycles. The van der Waals surface area contributed by atoms with E-state index in [-0.39, 0.29) is 11.8 Å². The number of nitrogens with zero attached hydrogens (tertiary/aromatic N) is 1. The Balaban J connectivity index is 1.44. The van der Waals surface area contributed by atoms with Crippen LogP contribution in [0.3, 0.4) is 0 Å². The Morgan fingerprint density at radius 3 is 2.56 bits per heavy atom.